The van der Waals surface area contributed by atoms with Gasteiger partial charge in [0, 0.05) is 26.7 Å². The van der Waals surface area contributed by atoms with Crippen molar-refractivity contribution in [2.45, 2.75) is 65.5 Å². The van der Waals surface area contributed by atoms with Crippen molar-refractivity contribution in [2.75, 3.05) is 27.9 Å². The molecule has 0 radical (unpaired) electrons. The van der Waals surface area contributed by atoms with Gasteiger partial charge in [0.05, 0.1) is 0 Å². The summed E-state index contributed by atoms with van der Waals surface area (Å²) < 4.78 is 11.0. The van der Waals surface area contributed by atoms with Crippen LogP contribution in [0.5, 0.6) is 0 Å². The highest BCUT2D eigenvalue weighted by molar-refractivity contribution is 4.83. The molecule has 0 bridgehead atoms. The van der Waals surface area contributed by atoms with Crippen LogP contribution in [0.15, 0.2) is 0 Å². The first-order valence-corrected chi connectivity index (χ1v) is 7.60. The average molecular weight is 273 g/mol. The third-order valence-electron chi connectivity index (χ3n) is 4.70. The van der Waals surface area contributed by atoms with Gasteiger partial charge in [-0.3, -0.25) is 5.32 Å². The molecule has 0 saturated carbocycles. The molecule has 0 aliphatic rings. The Balaban J connectivity index is 4.45. The van der Waals surface area contributed by atoms with E-state index in [1.807, 2.05) is 14.2 Å². The second kappa shape index (κ2) is 8.93. The molecule has 0 heterocycles. The highest BCUT2D eigenvalue weighted by Gasteiger charge is 2.34. The molecule has 0 saturated heterocycles. The quantitative estimate of drug-likeness (QED) is 0.580. The van der Waals surface area contributed by atoms with Crippen LogP contribution in [0.25, 0.3) is 0 Å². The Morgan fingerprint density at radius 1 is 1.16 bits per heavy atom. The van der Waals surface area contributed by atoms with E-state index in [-0.39, 0.29) is 5.72 Å². The van der Waals surface area contributed by atoms with Crippen LogP contribution in [0, 0.1) is 11.3 Å². The van der Waals surface area contributed by atoms with Crippen molar-refractivity contribution in [1.29, 1.82) is 0 Å². The number of hydrogen-bond donors (Lipinski definition) is 1. The molecule has 116 valence electrons. The predicted molar refractivity (Wildman–Crippen MR) is 82.4 cm³/mol. The van der Waals surface area contributed by atoms with Crippen molar-refractivity contribution in [3.63, 3.8) is 0 Å². The van der Waals surface area contributed by atoms with Crippen LogP contribution in [-0.4, -0.2) is 33.6 Å². The lowest BCUT2D eigenvalue weighted by atomic mass is 9.82. The van der Waals surface area contributed by atoms with Gasteiger partial charge >= 0.3 is 0 Å². The summed E-state index contributed by atoms with van der Waals surface area (Å²) in [6.45, 7) is 9.98. The summed E-state index contributed by atoms with van der Waals surface area (Å²) in [4.78, 5) is 0. The minimum atomic E-state index is -0.220. The third kappa shape index (κ3) is 6.24. The molecule has 0 aliphatic carbocycles. The zero-order valence-electron chi connectivity index (χ0n) is 14.1. The average Bonchev–Trinajstić information content (AvgIpc) is 2.41. The molecular weight excluding hydrogens is 238 g/mol. The molecule has 0 spiro atoms. The van der Waals surface area contributed by atoms with Crippen molar-refractivity contribution in [1.82, 2.24) is 5.32 Å². The molecular formula is C16H35NO2. The molecule has 0 aliphatic heterocycles. The van der Waals surface area contributed by atoms with Crippen molar-refractivity contribution in [2.24, 2.45) is 11.3 Å². The molecule has 2 atom stereocenters. The Hall–Kier alpha value is -0.120. The topological polar surface area (TPSA) is 30.5 Å². The number of nitrogens with one attached hydrogen (secondary N) is 1. The molecule has 0 amide bonds. The maximum atomic E-state index is 5.83. The lowest BCUT2D eigenvalue weighted by Crippen LogP contribution is -2.50. The van der Waals surface area contributed by atoms with Gasteiger partial charge in [0.25, 0.3) is 0 Å². The van der Waals surface area contributed by atoms with E-state index in [0.29, 0.717) is 11.3 Å². The molecule has 0 fully saturated rings. The summed E-state index contributed by atoms with van der Waals surface area (Å²) in [5.74, 6) is 0.437. The van der Waals surface area contributed by atoms with E-state index >= 15 is 0 Å². The van der Waals surface area contributed by atoms with E-state index < -0.39 is 0 Å². The summed E-state index contributed by atoms with van der Waals surface area (Å²) in [5.41, 5.74) is 0.214. The first-order valence-electron chi connectivity index (χ1n) is 7.60. The standard InChI is InChI=1S/C16H35NO2/c1-8-15(3,4)11-9-12-16(17-5,19-7)14(2)10-13-18-6/h14,17H,8-13H2,1-7H3/t14-,16?/m0/s1. The summed E-state index contributed by atoms with van der Waals surface area (Å²) in [6.07, 6.45) is 5.72. The maximum absolute atomic E-state index is 5.83. The number of hydrogen-bond acceptors (Lipinski definition) is 3. The van der Waals surface area contributed by atoms with Gasteiger partial charge in [-0.15, -0.1) is 0 Å². The monoisotopic (exact) mass is 273 g/mol. The van der Waals surface area contributed by atoms with Crippen LogP contribution in [0.4, 0.5) is 0 Å². The van der Waals surface area contributed by atoms with Crippen LogP contribution in [0.1, 0.15) is 59.8 Å². The second-order valence-electron chi connectivity index (χ2n) is 6.40. The Morgan fingerprint density at radius 3 is 2.21 bits per heavy atom. The Morgan fingerprint density at radius 2 is 1.79 bits per heavy atom. The second-order valence-corrected chi connectivity index (χ2v) is 6.40. The van der Waals surface area contributed by atoms with E-state index in [2.05, 4.69) is 33.0 Å². The lowest BCUT2D eigenvalue weighted by Gasteiger charge is -2.38. The molecule has 0 aromatic carbocycles. The van der Waals surface area contributed by atoms with Gasteiger partial charge in [-0.25, -0.2) is 0 Å². The fraction of sp³-hybridized carbons (Fsp3) is 1.00. The summed E-state index contributed by atoms with van der Waals surface area (Å²) in [6, 6.07) is 0. The first-order chi connectivity index (χ1) is 8.87. The largest absolute Gasteiger partial charge is 0.385 e. The van der Waals surface area contributed by atoms with Crippen molar-refractivity contribution in [3.8, 4) is 0 Å². The van der Waals surface area contributed by atoms with Crippen molar-refractivity contribution < 1.29 is 9.47 Å². The number of methoxy groups -OCH3 is 2. The van der Waals surface area contributed by atoms with E-state index in [1.54, 1.807) is 7.11 Å². The zero-order chi connectivity index (χ0) is 14.9. The van der Waals surface area contributed by atoms with Crippen LogP contribution >= 0.6 is 0 Å². The van der Waals surface area contributed by atoms with E-state index in [9.17, 15) is 0 Å². The van der Waals surface area contributed by atoms with Crippen molar-refractivity contribution >= 4 is 0 Å². The fourth-order valence-corrected chi connectivity index (χ4v) is 2.56. The summed E-state index contributed by atoms with van der Waals surface area (Å²) >= 11 is 0. The van der Waals surface area contributed by atoms with Gasteiger partial charge in [-0.1, -0.05) is 34.1 Å². The van der Waals surface area contributed by atoms with Gasteiger partial charge in [0.1, 0.15) is 5.72 Å². The molecule has 3 nitrogen and oxygen atoms in total. The van der Waals surface area contributed by atoms with Crippen molar-refractivity contribution in [3.05, 3.63) is 0 Å². The first kappa shape index (κ1) is 18.9. The smallest absolute Gasteiger partial charge is 0.121 e. The maximum Gasteiger partial charge on any atom is 0.121 e. The highest BCUT2D eigenvalue weighted by Crippen LogP contribution is 2.32. The number of ether oxygens (including phenoxy) is 2. The highest BCUT2D eigenvalue weighted by atomic mass is 16.5. The van der Waals surface area contributed by atoms with Gasteiger partial charge < -0.3 is 9.47 Å². The van der Waals surface area contributed by atoms with Gasteiger partial charge in [-0.05, 0) is 38.1 Å². The molecule has 19 heavy (non-hydrogen) atoms. The Kier molecular flexibility index (Phi) is 8.88. The summed E-state index contributed by atoms with van der Waals surface area (Å²) in [5, 5.41) is 3.40. The fourth-order valence-electron chi connectivity index (χ4n) is 2.56. The molecule has 0 aromatic rings. The third-order valence-corrected chi connectivity index (χ3v) is 4.70. The van der Waals surface area contributed by atoms with E-state index in [0.717, 1.165) is 19.4 Å². The molecule has 1 N–H and O–H groups in total. The molecule has 1 unspecified atom stereocenters. The summed E-state index contributed by atoms with van der Waals surface area (Å²) in [7, 11) is 5.56. The SMILES string of the molecule is CCC(C)(C)CCCC(NC)(OC)[C@@H](C)CCOC. The normalized spacial score (nSPS) is 17.2. The lowest BCUT2D eigenvalue weighted by molar-refractivity contribution is -0.0901. The van der Waals surface area contributed by atoms with Gasteiger partial charge in [0.15, 0.2) is 0 Å². The number of rotatable bonds is 11. The van der Waals surface area contributed by atoms with E-state index in [1.165, 1.54) is 19.3 Å². The Labute approximate surface area is 120 Å². The minimum absolute atomic E-state index is 0.220. The molecule has 0 rings (SSSR count). The van der Waals surface area contributed by atoms with Crippen LogP contribution < -0.4 is 5.32 Å². The molecule has 3 heteroatoms. The van der Waals surface area contributed by atoms with Gasteiger partial charge in [0.2, 0.25) is 0 Å². The molecule has 0 aromatic heterocycles. The van der Waals surface area contributed by atoms with Crippen LogP contribution in [0.2, 0.25) is 0 Å². The van der Waals surface area contributed by atoms with Gasteiger partial charge in [-0.2, -0.15) is 0 Å². The minimum Gasteiger partial charge on any atom is -0.385 e. The predicted octanol–water partition coefficient (Wildman–Crippen LogP) is 3.83. The Bertz CT molecular complexity index is 225. The van der Waals surface area contributed by atoms with Crippen LogP contribution in [-0.2, 0) is 9.47 Å². The zero-order valence-corrected chi connectivity index (χ0v) is 14.1. The van der Waals surface area contributed by atoms with E-state index in [4.69, 9.17) is 9.47 Å². The van der Waals surface area contributed by atoms with Crippen LogP contribution in [0.3, 0.4) is 0 Å².